The van der Waals surface area contributed by atoms with Crippen molar-refractivity contribution in [1.29, 1.82) is 0 Å². The molecule has 18 heavy (non-hydrogen) atoms. The molecule has 0 aromatic heterocycles. The summed E-state index contributed by atoms with van der Waals surface area (Å²) in [5, 5.41) is 12.1. The summed E-state index contributed by atoms with van der Waals surface area (Å²) in [4.78, 5) is 11.8. The SMILES string of the molecule is CC(CCO)C(C)CNCC(=O)c1ccccc1. The number of carbonyl (C=O) groups is 1. The summed E-state index contributed by atoms with van der Waals surface area (Å²) in [6.07, 6.45) is 0.815. The van der Waals surface area contributed by atoms with Gasteiger partial charge in [-0.25, -0.2) is 0 Å². The molecule has 0 fully saturated rings. The Labute approximate surface area is 109 Å². The molecule has 0 saturated carbocycles. The number of ketones is 1. The molecule has 0 spiro atoms. The molecule has 0 saturated heterocycles. The van der Waals surface area contributed by atoms with Gasteiger partial charge in [0, 0.05) is 12.2 Å². The maximum atomic E-state index is 11.8. The molecule has 2 N–H and O–H groups in total. The van der Waals surface area contributed by atoms with Crippen molar-refractivity contribution in [3.8, 4) is 0 Å². The van der Waals surface area contributed by atoms with Gasteiger partial charge in [-0.3, -0.25) is 4.79 Å². The summed E-state index contributed by atoms with van der Waals surface area (Å²) in [7, 11) is 0. The number of Topliss-reactive ketones (excluding diaryl/α,β-unsaturated/α-hetero) is 1. The molecule has 2 atom stereocenters. The zero-order valence-corrected chi connectivity index (χ0v) is 11.2. The highest BCUT2D eigenvalue weighted by Gasteiger charge is 2.12. The topological polar surface area (TPSA) is 49.3 Å². The first-order valence-corrected chi connectivity index (χ1v) is 6.55. The molecule has 0 radical (unpaired) electrons. The van der Waals surface area contributed by atoms with Crippen LogP contribution in [0, 0.1) is 11.8 Å². The second-order valence-electron chi connectivity index (χ2n) is 4.89. The predicted molar refractivity (Wildman–Crippen MR) is 73.7 cm³/mol. The van der Waals surface area contributed by atoms with E-state index in [4.69, 9.17) is 5.11 Å². The Morgan fingerprint density at radius 1 is 1.22 bits per heavy atom. The van der Waals surface area contributed by atoms with Crippen LogP contribution in [0.5, 0.6) is 0 Å². The molecule has 0 heterocycles. The van der Waals surface area contributed by atoms with E-state index in [9.17, 15) is 4.79 Å². The number of hydrogen-bond acceptors (Lipinski definition) is 3. The van der Waals surface area contributed by atoms with Gasteiger partial charge in [0.15, 0.2) is 5.78 Å². The van der Waals surface area contributed by atoms with Crippen LogP contribution in [0.1, 0.15) is 30.6 Å². The zero-order valence-electron chi connectivity index (χ0n) is 11.2. The second kappa shape index (κ2) is 8.01. The Hall–Kier alpha value is -1.19. The summed E-state index contributed by atoms with van der Waals surface area (Å²) < 4.78 is 0. The Morgan fingerprint density at radius 3 is 2.50 bits per heavy atom. The fraction of sp³-hybridized carbons (Fsp3) is 0.533. The van der Waals surface area contributed by atoms with Crippen molar-refractivity contribution < 1.29 is 9.90 Å². The number of hydrogen-bond donors (Lipinski definition) is 2. The quantitative estimate of drug-likeness (QED) is 0.694. The van der Waals surface area contributed by atoms with Crippen LogP contribution in [0.2, 0.25) is 0 Å². The molecule has 0 aliphatic rings. The summed E-state index contributed by atoms with van der Waals surface area (Å²) in [5.41, 5.74) is 0.751. The van der Waals surface area contributed by atoms with Crippen molar-refractivity contribution in [2.24, 2.45) is 11.8 Å². The van der Waals surface area contributed by atoms with Crippen LogP contribution in [-0.2, 0) is 0 Å². The van der Waals surface area contributed by atoms with Gasteiger partial charge >= 0.3 is 0 Å². The molecule has 3 nitrogen and oxygen atoms in total. The average Bonchev–Trinajstić information content (AvgIpc) is 2.39. The molecule has 100 valence electrons. The van der Waals surface area contributed by atoms with Crippen LogP contribution in [0.3, 0.4) is 0 Å². The molecule has 2 unspecified atom stereocenters. The lowest BCUT2D eigenvalue weighted by Crippen LogP contribution is -2.30. The number of aliphatic hydroxyl groups is 1. The minimum atomic E-state index is 0.123. The van der Waals surface area contributed by atoms with Gasteiger partial charge in [0.25, 0.3) is 0 Å². The average molecular weight is 249 g/mol. The van der Waals surface area contributed by atoms with Gasteiger partial charge < -0.3 is 10.4 Å². The molecular weight excluding hydrogens is 226 g/mol. The van der Waals surface area contributed by atoms with E-state index in [0.717, 1.165) is 18.5 Å². The molecule has 0 aliphatic heterocycles. The molecular formula is C15H23NO2. The van der Waals surface area contributed by atoms with Crippen LogP contribution < -0.4 is 5.32 Å². The third kappa shape index (κ3) is 4.98. The number of carbonyl (C=O) groups excluding carboxylic acids is 1. The number of benzene rings is 1. The third-order valence-electron chi connectivity index (χ3n) is 3.40. The largest absolute Gasteiger partial charge is 0.396 e. The number of nitrogens with one attached hydrogen (secondary N) is 1. The molecule has 0 bridgehead atoms. The van der Waals surface area contributed by atoms with Crippen molar-refractivity contribution in [2.75, 3.05) is 19.7 Å². The minimum Gasteiger partial charge on any atom is -0.396 e. The van der Waals surface area contributed by atoms with Crippen LogP contribution in [-0.4, -0.2) is 30.6 Å². The van der Waals surface area contributed by atoms with E-state index < -0.39 is 0 Å². The van der Waals surface area contributed by atoms with Crippen molar-refractivity contribution in [1.82, 2.24) is 5.32 Å². The van der Waals surface area contributed by atoms with Crippen LogP contribution >= 0.6 is 0 Å². The van der Waals surface area contributed by atoms with Crippen LogP contribution in [0.15, 0.2) is 30.3 Å². The van der Waals surface area contributed by atoms with Crippen molar-refractivity contribution in [3.63, 3.8) is 0 Å². The first-order valence-electron chi connectivity index (χ1n) is 6.55. The molecule has 1 rings (SSSR count). The van der Waals surface area contributed by atoms with E-state index in [0.29, 0.717) is 18.4 Å². The van der Waals surface area contributed by atoms with Gasteiger partial charge in [0.2, 0.25) is 0 Å². The lowest BCUT2D eigenvalue weighted by molar-refractivity contribution is 0.0988. The van der Waals surface area contributed by atoms with Crippen LogP contribution in [0.4, 0.5) is 0 Å². The lowest BCUT2D eigenvalue weighted by Gasteiger charge is -2.19. The number of aliphatic hydroxyl groups excluding tert-OH is 1. The van der Waals surface area contributed by atoms with E-state index in [-0.39, 0.29) is 12.4 Å². The van der Waals surface area contributed by atoms with Gasteiger partial charge in [-0.15, -0.1) is 0 Å². The maximum Gasteiger partial charge on any atom is 0.176 e. The van der Waals surface area contributed by atoms with Gasteiger partial charge in [-0.2, -0.15) is 0 Å². The van der Waals surface area contributed by atoms with Crippen LogP contribution in [0.25, 0.3) is 0 Å². The molecule has 1 aromatic carbocycles. The summed E-state index contributed by atoms with van der Waals surface area (Å²) in [6, 6.07) is 9.32. The van der Waals surface area contributed by atoms with E-state index in [1.807, 2.05) is 30.3 Å². The highest BCUT2D eigenvalue weighted by molar-refractivity contribution is 5.97. The fourth-order valence-corrected chi connectivity index (χ4v) is 1.83. The highest BCUT2D eigenvalue weighted by Crippen LogP contribution is 2.13. The first kappa shape index (κ1) is 14.9. The van der Waals surface area contributed by atoms with Gasteiger partial charge in [-0.05, 0) is 24.8 Å². The molecule has 3 heteroatoms. The lowest BCUT2D eigenvalue weighted by atomic mass is 9.93. The zero-order chi connectivity index (χ0) is 13.4. The van der Waals surface area contributed by atoms with E-state index in [1.54, 1.807) is 0 Å². The van der Waals surface area contributed by atoms with Gasteiger partial charge in [0.1, 0.15) is 0 Å². The first-order chi connectivity index (χ1) is 8.65. The summed E-state index contributed by atoms with van der Waals surface area (Å²) in [6.45, 7) is 5.68. The van der Waals surface area contributed by atoms with Crippen molar-refractivity contribution >= 4 is 5.78 Å². The van der Waals surface area contributed by atoms with Gasteiger partial charge in [-0.1, -0.05) is 44.2 Å². The van der Waals surface area contributed by atoms with Crippen molar-refractivity contribution in [3.05, 3.63) is 35.9 Å². The predicted octanol–water partition coefficient (Wildman–Crippen LogP) is 2.11. The molecule has 0 amide bonds. The maximum absolute atomic E-state index is 11.8. The Morgan fingerprint density at radius 2 is 1.89 bits per heavy atom. The minimum absolute atomic E-state index is 0.123. The Kier molecular flexibility index (Phi) is 6.61. The van der Waals surface area contributed by atoms with E-state index >= 15 is 0 Å². The Balaban J connectivity index is 2.28. The normalized spacial score (nSPS) is 14.2. The summed E-state index contributed by atoms with van der Waals surface area (Å²) in [5.74, 6) is 1.05. The van der Waals surface area contributed by atoms with Crippen molar-refractivity contribution in [2.45, 2.75) is 20.3 Å². The van der Waals surface area contributed by atoms with E-state index in [2.05, 4.69) is 19.2 Å². The summed E-state index contributed by atoms with van der Waals surface area (Å²) >= 11 is 0. The second-order valence-corrected chi connectivity index (χ2v) is 4.89. The molecule has 0 aliphatic carbocycles. The van der Waals surface area contributed by atoms with E-state index in [1.165, 1.54) is 0 Å². The van der Waals surface area contributed by atoms with Gasteiger partial charge in [0.05, 0.1) is 6.54 Å². The fourth-order valence-electron chi connectivity index (χ4n) is 1.83. The third-order valence-corrected chi connectivity index (χ3v) is 3.40. The standard InChI is InChI=1S/C15H23NO2/c1-12(8-9-17)13(2)10-16-11-15(18)14-6-4-3-5-7-14/h3-7,12-13,16-17H,8-11H2,1-2H3. The Bertz CT molecular complexity index is 351. The molecule has 1 aromatic rings. The monoisotopic (exact) mass is 249 g/mol. The number of rotatable bonds is 8. The smallest absolute Gasteiger partial charge is 0.176 e. The highest BCUT2D eigenvalue weighted by atomic mass is 16.3.